The Morgan fingerprint density at radius 3 is 2.44 bits per heavy atom. The summed E-state index contributed by atoms with van der Waals surface area (Å²) < 4.78 is 2.23. The van der Waals surface area contributed by atoms with Gasteiger partial charge in [0.15, 0.2) is 0 Å². The quantitative estimate of drug-likeness (QED) is 0.546. The van der Waals surface area contributed by atoms with Crippen LogP contribution >= 0.6 is 11.6 Å². The highest BCUT2D eigenvalue weighted by molar-refractivity contribution is 6.31. The zero-order chi connectivity index (χ0) is 13.4. The molecular formula is C11H10ClN3O3. The third kappa shape index (κ3) is 1.70. The number of benzene rings is 1. The van der Waals surface area contributed by atoms with E-state index in [4.69, 9.17) is 16.8 Å². The third-order valence-electron chi connectivity index (χ3n) is 2.76. The summed E-state index contributed by atoms with van der Waals surface area (Å²) in [6.07, 6.45) is 0. The monoisotopic (exact) mass is 267 g/mol. The van der Waals surface area contributed by atoms with Gasteiger partial charge in [0, 0.05) is 19.1 Å². The van der Waals surface area contributed by atoms with Crippen LogP contribution < -0.4 is 16.6 Å². The lowest BCUT2D eigenvalue weighted by atomic mass is 10.2. The van der Waals surface area contributed by atoms with Crippen LogP contribution in [0.15, 0.2) is 32.9 Å². The number of aromatic nitrogens is 2. The first kappa shape index (κ1) is 12.4. The number of hydrogen-bond donors (Lipinski definition) is 1. The Kier molecular flexibility index (Phi) is 2.96. The molecule has 0 unspecified atom stereocenters. The van der Waals surface area contributed by atoms with E-state index < -0.39 is 11.1 Å². The van der Waals surface area contributed by atoms with Gasteiger partial charge >= 0.3 is 0 Å². The van der Waals surface area contributed by atoms with Crippen molar-refractivity contribution in [2.75, 3.05) is 0 Å². The molecule has 0 aliphatic heterocycles. The maximum absolute atomic E-state index is 12.1. The number of hydrogen-bond acceptors (Lipinski definition) is 4. The summed E-state index contributed by atoms with van der Waals surface area (Å²) in [7, 11) is 2.85. The highest BCUT2D eigenvalue weighted by atomic mass is 35.5. The molecule has 0 atom stereocenters. The predicted octanol–water partition coefficient (Wildman–Crippen LogP) is 0.180. The van der Waals surface area contributed by atoms with Gasteiger partial charge in [0.25, 0.3) is 11.1 Å². The zero-order valence-electron chi connectivity index (χ0n) is 9.72. The number of fused-ring (bicyclic) bond motifs is 1. The van der Waals surface area contributed by atoms with Crippen molar-refractivity contribution in [1.29, 1.82) is 0 Å². The number of rotatable bonds is 0. The van der Waals surface area contributed by atoms with Crippen LogP contribution in [0.4, 0.5) is 0 Å². The minimum atomic E-state index is -0.575. The average Bonchev–Trinajstić information content (AvgIpc) is 2.42. The third-order valence-corrected chi connectivity index (χ3v) is 3.00. The van der Waals surface area contributed by atoms with Gasteiger partial charge in [-0.15, -0.1) is 0 Å². The molecule has 0 amide bonds. The van der Waals surface area contributed by atoms with Crippen molar-refractivity contribution in [2.45, 2.75) is 0 Å². The molecule has 7 heteroatoms. The van der Waals surface area contributed by atoms with Crippen molar-refractivity contribution in [3.63, 3.8) is 0 Å². The second-order valence-electron chi connectivity index (χ2n) is 3.81. The molecule has 94 valence electrons. The molecule has 0 spiro atoms. The molecule has 2 aromatic rings. The molecular weight excluding hydrogens is 258 g/mol. The molecule has 0 saturated heterocycles. The summed E-state index contributed by atoms with van der Waals surface area (Å²) in [6.45, 7) is 0. The first-order valence-electron chi connectivity index (χ1n) is 5.05. The lowest BCUT2D eigenvalue weighted by Crippen LogP contribution is -2.40. The molecule has 0 saturated carbocycles. The number of nitrogens with zero attached hydrogens (tertiary/aromatic N) is 3. The Hall–Kier alpha value is -2.08. The maximum atomic E-state index is 12.1. The fourth-order valence-corrected chi connectivity index (χ4v) is 1.93. The largest absolute Gasteiger partial charge is 0.409 e. The standard InChI is InChI=1S/C11H10ClN3O3/c1-14-8-4-3-6(12)5-7(8)10(16)15(2)9(13-18)11(14)17/h3-5,18H,1-2H3. The van der Waals surface area contributed by atoms with Crippen molar-refractivity contribution in [3.8, 4) is 0 Å². The molecule has 6 nitrogen and oxygen atoms in total. The highest BCUT2D eigenvalue weighted by Crippen LogP contribution is 2.13. The molecule has 2 rings (SSSR count). The smallest absolute Gasteiger partial charge is 0.297 e. The first-order valence-corrected chi connectivity index (χ1v) is 5.43. The second-order valence-corrected chi connectivity index (χ2v) is 4.25. The van der Waals surface area contributed by atoms with Crippen LogP contribution in [0.25, 0.3) is 10.9 Å². The molecule has 0 aliphatic rings. The van der Waals surface area contributed by atoms with E-state index in [1.54, 1.807) is 12.1 Å². The first-order chi connectivity index (χ1) is 8.47. The van der Waals surface area contributed by atoms with E-state index in [0.717, 1.165) is 4.57 Å². The minimum Gasteiger partial charge on any atom is -0.409 e. The van der Waals surface area contributed by atoms with Crippen LogP contribution in [0.1, 0.15) is 0 Å². The Morgan fingerprint density at radius 2 is 1.83 bits per heavy atom. The zero-order valence-corrected chi connectivity index (χ0v) is 10.5. The van der Waals surface area contributed by atoms with Crippen molar-refractivity contribution in [3.05, 3.63) is 49.4 Å². The second kappa shape index (κ2) is 4.30. The van der Waals surface area contributed by atoms with Crippen LogP contribution in [0, 0.1) is 0 Å². The van der Waals surface area contributed by atoms with Gasteiger partial charge in [0.1, 0.15) is 0 Å². The summed E-state index contributed by atoms with van der Waals surface area (Å²) in [5, 5.41) is 12.4. The fourth-order valence-electron chi connectivity index (χ4n) is 1.76. The lowest BCUT2D eigenvalue weighted by Gasteiger charge is -1.98. The van der Waals surface area contributed by atoms with E-state index >= 15 is 0 Å². The summed E-state index contributed by atoms with van der Waals surface area (Å²) >= 11 is 5.84. The van der Waals surface area contributed by atoms with Gasteiger partial charge in [-0.1, -0.05) is 16.8 Å². The van der Waals surface area contributed by atoms with Gasteiger partial charge in [0.05, 0.1) is 10.9 Å². The van der Waals surface area contributed by atoms with Crippen molar-refractivity contribution in [1.82, 2.24) is 9.13 Å². The van der Waals surface area contributed by atoms with Crippen LogP contribution in [-0.2, 0) is 14.1 Å². The predicted molar refractivity (Wildman–Crippen MR) is 66.8 cm³/mol. The minimum absolute atomic E-state index is 0.277. The van der Waals surface area contributed by atoms with Gasteiger partial charge in [0.2, 0.25) is 5.49 Å². The van der Waals surface area contributed by atoms with Crippen LogP contribution in [0.3, 0.4) is 0 Å². The summed E-state index contributed by atoms with van der Waals surface area (Å²) in [5.74, 6) is 0. The van der Waals surface area contributed by atoms with Gasteiger partial charge in [-0.2, -0.15) is 0 Å². The molecule has 18 heavy (non-hydrogen) atoms. The van der Waals surface area contributed by atoms with Gasteiger partial charge in [-0.3, -0.25) is 14.2 Å². The molecule has 0 fully saturated rings. The maximum Gasteiger partial charge on any atom is 0.297 e. The molecule has 1 aromatic carbocycles. The molecule has 0 aliphatic carbocycles. The Balaban J connectivity index is 3.33. The van der Waals surface area contributed by atoms with Crippen LogP contribution in [0.5, 0.6) is 0 Å². The number of aryl methyl sites for hydroxylation is 1. The summed E-state index contributed by atoms with van der Waals surface area (Å²) in [5.41, 5.74) is -0.956. The number of halogens is 1. The van der Waals surface area contributed by atoms with E-state index in [1.807, 2.05) is 0 Å². The van der Waals surface area contributed by atoms with Gasteiger partial charge in [-0.05, 0) is 18.2 Å². The Bertz CT molecular complexity index is 820. The van der Waals surface area contributed by atoms with Crippen molar-refractivity contribution in [2.24, 2.45) is 19.3 Å². The van der Waals surface area contributed by atoms with Crippen molar-refractivity contribution >= 4 is 22.5 Å². The van der Waals surface area contributed by atoms with Crippen LogP contribution in [-0.4, -0.2) is 14.3 Å². The molecule has 1 N–H and O–H groups in total. The average molecular weight is 268 g/mol. The topological polar surface area (TPSA) is 76.6 Å². The van der Waals surface area contributed by atoms with E-state index in [9.17, 15) is 9.59 Å². The molecule has 1 heterocycles. The Morgan fingerprint density at radius 1 is 1.17 bits per heavy atom. The van der Waals surface area contributed by atoms with Crippen molar-refractivity contribution < 1.29 is 5.21 Å². The Labute approximate surface area is 106 Å². The van der Waals surface area contributed by atoms with E-state index in [0.29, 0.717) is 10.5 Å². The fraction of sp³-hybridized carbons (Fsp3) is 0.182. The van der Waals surface area contributed by atoms with Gasteiger partial charge < -0.3 is 9.77 Å². The molecule has 0 radical (unpaired) electrons. The normalized spacial score (nSPS) is 12.1. The van der Waals surface area contributed by atoms with E-state index in [-0.39, 0.29) is 10.9 Å². The highest BCUT2D eigenvalue weighted by Gasteiger charge is 2.08. The van der Waals surface area contributed by atoms with E-state index in [2.05, 4.69) is 5.16 Å². The van der Waals surface area contributed by atoms with Crippen LogP contribution in [0.2, 0.25) is 5.02 Å². The molecule has 1 aromatic heterocycles. The van der Waals surface area contributed by atoms with E-state index in [1.165, 1.54) is 24.7 Å². The summed E-state index contributed by atoms with van der Waals surface area (Å²) in [6, 6.07) is 4.62. The van der Waals surface area contributed by atoms with Gasteiger partial charge in [-0.25, -0.2) is 0 Å². The SMILES string of the molecule is Cn1c(=NO)c(=O)n(C)c2ccc(Cl)cc2c1=O. The lowest BCUT2D eigenvalue weighted by molar-refractivity contribution is 0.293. The summed E-state index contributed by atoms with van der Waals surface area (Å²) in [4.78, 5) is 24.1. The molecule has 0 bridgehead atoms.